The summed E-state index contributed by atoms with van der Waals surface area (Å²) in [7, 11) is 0. The summed E-state index contributed by atoms with van der Waals surface area (Å²) in [6.45, 7) is 8.06. The third-order valence-electron chi connectivity index (χ3n) is 4.58. The summed E-state index contributed by atoms with van der Waals surface area (Å²) < 4.78 is 17.3. The highest BCUT2D eigenvalue weighted by Gasteiger charge is 2.12. The summed E-state index contributed by atoms with van der Waals surface area (Å²) in [5.41, 5.74) is 2.47. The maximum atomic E-state index is 12.7. The number of amides is 1. The first kappa shape index (κ1) is 23.1. The first-order valence-corrected chi connectivity index (χ1v) is 10.8. The molecule has 3 rings (SSSR count). The van der Waals surface area contributed by atoms with Gasteiger partial charge in [0.15, 0.2) is 11.5 Å². The second-order valence-electron chi connectivity index (χ2n) is 7.78. The van der Waals surface area contributed by atoms with Crippen molar-refractivity contribution < 1.29 is 19.0 Å². The number of nitrogens with zero attached hydrogens (tertiary/aromatic N) is 1. The van der Waals surface area contributed by atoms with Crippen LogP contribution in [0.25, 0.3) is 0 Å². The van der Waals surface area contributed by atoms with Gasteiger partial charge in [-0.05, 0) is 54.8 Å². The van der Waals surface area contributed by atoms with Crippen molar-refractivity contribution in [1.29, 1.82) is 0 Å². The molecule has 0 atom stereocenters. The van der Waals surface area contributed by atoms with E-state index < -0.39 is 0 Å². The van der Waals surface area contributed by atoms with E-state index in [1.807, 2.05) is 43.3 Å². The van der Waals surface area contributed by atoms with Crippen LogP contribution in [-0.4, -0.2) is 24.1 Å². The van der Waals surface area contributed by atoms with Gasteiger partial charge < -0.3 is 19.5 Å². The lowest BCUT2D eigenvalue weighted by Gasteiger charge is -2.14. The molecule has 0 aliphatic heterocycles. The minimum atomic E-state index is -0.176. The van der Waals surface area contributed by atoms with Crippen LogP contribution in [0.15, 0.2) is 67.0 Å². The van der Waals surface area contributed by atoms with Crippen LogP contribution in [0, 0.1) is 5.92 Å². The summed E-state index contributed by atoms with van der Waals surface area (Å²) >= 11 is 0. The number of ether oxygens (including phenoxy) is 3. The van der Waals surface area contributed by atoms with Crippen molar-refractivity contribution >= 4 is 5.91 Å². The van der Waals surface area contributed by atoms with E-state index in [0.29, 0.717) is 49.3 Å². The van der Waals surface area contributed by atoms with Gasteiger partial charge in [-0.3, -0.25) is 9.78 Å². The van der Waals surface area contributed by atoms with E-state index >= 15 is 0 Å². The quantitative estimate of drug-likeness (QED) is 0.459. The minimum Gasteiger partial charge on any atom is -0.493 e. The first-order chi connectivity index (χ1) is 15.5. The molecule has 0 radical (unpaired) electrons. The average Bonchev–Trinajstić information content (AvgIpc) is 2.82. The molecule has 168 valence electrons. The van der Waals surface area contributed by atoms with E-state index in [9.17, 15) is 4.79 Å². The van der Waals surface area contributed by atoms with Crippen molar-refractivity contribution in [2.75, 3.05) is 13.2 Å². The molecule has 0 bridgehead atoms. The van der Waals surface area contributed by atoms with E-state index in [4.69, 9.17) is 14.2 Å². The fourth-order valence-electron chi connectivity index (χ4n) is 2.93. The fourth-order valence-corrected chi connectivity index (χ4v) is 2.93. The van der Waals surface area contributed by atoms with Crippen LogP contribution in [0.4, 0.5) is 0 Å². The SMILES string of the molecule is CCOc1cc(C(=O)NCc2ccc(OCC(C)C)cc2)ccc1OCc1cccnc1. The number of carbonyl (C=O) groups excluding carboxylic acids is 1. The lowest BCUT2D eigenvalue weighted by Crippen LogP contribution is -2.22. The largest absolute Gasteiger partial charge is 0.493 e. The molecule has 6 nitrogen and oxygen atoms in total. The van der Waals surface area contributed by atoms with Crippen LogP contribution in [0.1, 0.15) is 42.3 Å². The average molecular weight is 435 g/mol. The smallest absolute Gasteiger partial charge is 0.251 e. The first-order valence-electron chi connectivity index (χ1n) is 10.8. The normalized spacial score (nSPS) is 10.6. The number of hydrogen-bond donors (Lipinski definition) is 1. The van der Waals surface area contributed by atoms with Crippen LogP contribution in [0.3, 0.4) is 0 Å². The van der Waals surface area contributed by atoms with Crippen molar-refractivity contribution in [1.82, 2.24) is 10.3 Å². The lowest BCUT2D eigenvalue weighted by atomic mass is 10.1. The van der Waals surface area contributed by atoms with Gasteiger partial charge >= 0.3 is 0 Å². The van der Waals surface area contributed by atoms with Crippen molar-refractivity contribution in [3.8, 4) is 17.2 Å². The molecule has 6 heteroatoms. The molecule has 0 spiro atoms. The Kier molecular flexibility index (Phi) is 8.49. The van der Waals surface area contributed by atoms with Crippen molar-refractivity contribution in [3.05, 3.63) is 83.7 Å². The molecule has 2 aromatic carbocycles. The number of pyridine rings is 1. The molecule has 0 fully saturated rings. The summed E-state index contributed by atoms with van der Waals surface area (Å²) in [6, 6.07) is 16.8. The standard InChI is InChI=1S/C26H30N2O4/c1-4-30-25-14-22(9-12-24(25)32-18-21-6-5-13-27-15-21)26(29)28-16-20-7-10-23(11-8-20)31-17-19(2)3/h5-15,19H,4,16-18H2,1-3H3,(H,28,29). The molecule has 32 heavy (non-hydrogen) atoms. The van der Waals surface area contributed by atoms with Gasteiger partial charge in [0.25, 0.3) is 5.91 Å². The molecule has 0 saturated carbocycles. The van der Waals surface area contributed by atoms with Gasteiger partial charge in [-0.2, -0.15) is 0 Å². The van der Waals surface area contributed by atoms with Crippen LogP contribution < -0.4 is 19.5 Å². The Hall–Kier alpha value is -3.54. The summed E-state index contributed by atoms with van der Waals surface area (Å²) in [4.78, 5) is 16.8. The molecular weight excluding hydrogens is 404 g/mol. The van der Waals surface area contributed by atoms with Crippen LogP contribution >= 0.6 is 0 Å². The van der Waals surface area contributed by atoms with Crippen molar-refractivity contribution in [2.45, 2.75) is 33.9 Å². The molecule has 1 heterocycles. The monoisotopic (exact) mass is 434 g/mol. The summed E-state index contributed by atoms with van der Waals surface area (Å²) in [6.07, 6.45) is 3.47. The molecule has 1 amide bonds. The number of aromatic nitrogens is 1. The Morgan fingerprint density at radius 1 is 0.969 bits per heavy atom. The highest BCUT2D eigenvalue weighted by atomic mass is 16.5. The third kappa shape index (κ3) is 7.01. The topological polar surface area (TPSA) is 69.7 Å². The van der Waals surface area contributed by atoms with Crippen molar-refractivity contribution in [3.63, 3.8) is 0 Å². The van der Waals surface area contributed by atoms with Gasteiger partial charge in [0.05, 0.1) is 13.2 Å². The zero-order chi connectivity index (χ0) is 22.8. The number of carbonyl (C=O) groups is 1. The maximum absolute atomic E-state index is 12.7. The van der Waals surface area contributed by atoms with Gasteiger partial charge in [-0.25, -0.2) is 0 Å². The van der Waals surface area contributed by atoms with Gasteiger partial charge in [0.2, 0.25) is 0 Å². The van der Waals surface area contributed by atoms with Gasteiger partial charge in [-0.1, -0.05) is 32.0 Å². The van der Waals surface area contributed by atoms with E-state index in [1.54, 1.807) is 30.6 Å². The van der Waals surface area contributed by atoms with E-state index in [2.05, 4.69) is 24.1 Å². The Bertz CT molecular complexity index is 988. The number of rotatable bonds is 11. The Morgan fingerprint density at radius 3 is 2.47 bits per heavy atom. The van der Waals surface area contributed by atoms with E-state index in [-0.39, 0.29) is 5.91 Å². The molecule has 0 aliphatic carbocycles. The minimum absolute atomic E-state index is 0.176. The zero-order valence-corrected chi connectivity index (χ0v) is 18.8. The second-order valence-corrected chi connectivity index (χ2v) is 7.78. The highest BCUT2D eigenvalue weighted by Crippen LogP contribution is 2.29. The summed E-state index contributed by atoms with van der Waals surface area (Å²) in [5.74, 6) is 2.25. The van der Waals surface area contributed by atoms with Crippen LogP contribution in [-0.2, 0) is 13.2 Å². The Morgan fingerprint density at radius 2 is 1.78 bits per heavy atom. The lowest BCUT2D eigenvalue weighted by molar-refractivity contribution is 0.0950. The molecule has 1 aromatic heterocycles. The van der Waals surface area contributed by atoms with E-state index in [0.717, 1.165) is 16.9 Å². The molecular formula is C26H30N2O4. The molecule has 0 aliphatic rings. The zero-order valence-electron chi connectivity index (χ0n) is 18.8. The highest BCUT2D eigenvalue weighted by molar-refractivity contribution is 5.94. The Balaban J connectivity index is 1.59. The van der Waals surface area contributed by atoms with Gasteiger partial charge in [0, 0.05) is 30.1 Å². The maximum Gasteiger partial charge on any atom is 0.251 e. The predicted octanol–water partition coefficient (Wildman–Crippen LogP) is 5.02. The van der Waals surface area contributed by atoms with Crippen LogP contribution in [0.2, 0.25) is 0 Å². The number of benzene rings is 2. The molecule has 1 N–H and O–H groups in total. The fraction of sp³-hybridized carbons (Fsp3) is 0.308. The predicted molar refractivity (Wildman–Crippen MR) is 124 cm³/mol. The summed E-state index contributed by atoms with van der Waals surface area (Å²) in [5, 5.41) is 2.95. The number of nitrogens with one attached hydrogen (secondary N) is 1. The van der Waals surface area contributed by atoms with Crippen molar-refractivity contribution in [2.24, 2.45) is 5.92 Å². The molecule has 0 unspecified atom stereocenters. The van der Waals surface area contributed by atoms with Gasteiger partial charge in [-0.15, -0.1) is 0 Å². The van der Waals surface area contributed by atoms with Gasteiger partial charge in [0.1, 0.15) is 12.4 Å². The molecule has 3 aromatic rings. The van der Waals surface area contributed by atoms with E-state index in [1.165, 1.54) is 0 Å². The molecule has 0 saturated heterocycles. The second kappa shape index (κ2) is 11.7. The van der Waals surface area contributed by atoms with Crippen LogP contribution in [0.5, 0.6) is 17.2 Å². The number of hydrogen-bond acceptors (Lipinski definition) is 5. The third-order valence-corrected chi connectivity index (χ3v) is 4.58. The Labute approximate surface area is 189 Å².